The third-order valence-electron chi connectivity index (χ3n) is 3.11. The van der Waals surface area contributed by atoms with Gasteiger partial charge in [-0.15, -0.1) is 0 Å². The van der Waals surface area contributed by atoms with Crippen molar-refractivity contribution in [2.24, 2.45) is 0 Å². The highest BCUT2D eigenvalue weighted by Gasteiger charge is 2.05. The molecule has 5 heteroatoms. The summed E-state index contributed by atoms with van der Waals surface area (Å²) >= 11 is 0. The molecule has 0 atom stereocenters. The molecule has 0 saturated carbocycles. The van der Waals surface area contributed by atoms with Gasteiger partial charge in [0.05, 0.1) is 19.9 Å². The van der Waals surface area contributed by atoms with E-state index in [2.05, 4.69) is 15.5 Å². The summed E-state index contributed by atoms with van der Waals surface area (Å²) in [5.74, 6) is 1.55. The maximum absolute atomic E-state index is 5.57. The van der Waals surface area contributed by atoms with Gasteiger partial charge in [0.1, 0.15) is 0 Å². The van der Waals surface area contributed by atoms with E-state index in [1.54, 1.807) is 7.11 Å². The summed E-state index contributed by atoms with van der Waals surface area (Å²) in [6, 6.07) is 5.99. The van der Waals surface area contributed by atoms with Gasteiger partial charge in [0.15, 0.2) is 11.5 Å². The summed E-state index contributed by atoms with van der Waals surface area (Å²) in [5.41, 5.74) is 3.45. The van der Waals surface area contributed by atoms with Gasteiger partial charge in [-0.2, -0.15) is 5.10 Å². The number of hydrogen-bond acceptors (Lipinski definition) is 4. The van der Waals surface area contributed by atoms with Gasteiger partial charge in [0.25, 0.3) is 0 Å². The second-order valence-corrected chi connectivity index (χ2v) is 4.54. The summed E-state index contributed by atoms with van der Waals surface area (Å²) in [5, 5.41) is 10.3. The summed E-state index contributed by atoms with van der Waals surface area (Å²) in [7, 11) is 1.65. The number of benzene rings is 1. The first-order valence-electron chi connectivity index (χ1n) is 6.74. The Balaban J connectivity index is 1.95. The lowest BCUT2D eigenvalue weighted by Gasteiger charge is -2.11. The van der Waals surface area contributed by atoms with Crippen molar-refractivity contribution in [1.29, 1.82) is 0 Å². The minimum Gasteiger partial charge on any atom is -0.493 e. The first-order chi connectivity index (χ1) is 9.74. The van der Waals surface area contributed by atoms with Crippen LogP contribution in [-0.2, 0) is 13.1 Å². The molecule has 0 bridgehead atoms. The number of aromatic amines is 1. The van der Waals surface area contributed by atoms with Crippen molar-refractivity contribution in [3.8, 4) is 11.5 Å². The van der Waals surface area contributed by atoms with E-state index >= 15 is 0 Å². The number of methoxy groups -OCH3 is 1. The topological polar surface area (TPSA) is 59.2 Å². The molecule has 0 aliphatic rings. The van der Waals surface area contributed by atoms with Crippen LogP contribution >= 0.6 is 0 Å². The molecule has 0 amide bonds. The normalized spacial score (nSPS) is 10.6. The molecule has 0 saturated heterocycles. The molecule has 108 valence electrons. The van der Waals surface area contributed by atoms with Gasteiger partial charge < -0.3 is 14.8 Å². The quantitative estimate of drug-likeness (QED) is 0.814. The molecule has 0 spiro atoms. The van der Waals surface area contributed by atoms with E-state index < -0.39 is 0 Å². The van der Waals surface area contributed by atoms with Crippen LogP contribution in [-0.4, -0.2) is 23.9 Å². The fourth-order valence-electron chi connectivity index (χ4n) is 1.99. The first kappa shape index (κ1) is 14.4. The maximum atomic E-state index is 5.57. The molecule has 5 nitrogen and oxygen atoms in total. The smallest absolute Gasteiger partial charge is 0.161 e. The molecule has 0 fully saturated rings. The van der Waals surface area contributed by atoms with Crippen LogP contribution in [0.1, 0.15) is 23.7 Å². The molecule has 2 rings (SSSR count). The van der Waals surface area contributed by atoms with Crippen molar-refractivity contribution in [2.45, 2.75) is 26.9 Å². The molecule has 0 radical (unpaired) electrons. The highest BCUT2D eigenvalue weighted by molar-refractivity contribution is 5.42. The lowest BCUT2D eigenvalue weighted by atomic mass is 10.2. The number of aromatic nitrogens is 2. The van der Waals surface area contributed by atoms with Crippen LogP contribution in [0.5, 0.6) is 11.5 Å². The van der Waals surface area contributed by atoms with E-state index in [-0.39, 0.29) is 0 Å². The predicted molar refractivity (Wildman–Crippen MR) is 78.0 cm³/mol. The molecule has 0 aliphatic carbocycles. The van der Waals surface area contributed by atoms with E-state index in [4.69, 9.17) is 9.47 Å². The summed E-state index contributed by atoms with van der Waals surface area (Å²) in [6.45, 7) is 6.17. The first-order valence-corrected chi connectivity index (χ1v) is 6.74. The predicted octanol–water partition coefficient (Wildman–Crippen LogP) is 2.42. The van der Waals surface area contributed by atoms with E-state index in [0.29, 0.717) is 6.61 Å². The van der Waals surface area contributed by atoms with E-state index in [1.165, 1.54) is 5.56 Å². The van der Waals surface area contributed by atoms with Crippen LogP contribution in [0.3, 0.4) is 0 Å². The third kappa shape index (κ3) is 3.51. The summed E-state index contributed by atoms with van der Waals surface area (Å²) in [4.78, 5) is 0. The Morgan fingerprint density at radius 3 is 2.75 bits per heavy atom. The van der Waals surface area contributed by atoms with Gasteiger partial charge in [-0.05, 0) is 31.5 Å². The minimum atomic E-state index is 0.626. The second kappa shape index (κ2) is 6.96. The summed E-state index contributed by atoms with van der Waals surface area (Å²) < 4.78 is 10.8. The number of H-pyrrole nitrogens is 1. The molecule has 2 aromatic rings. The van der Waals surface area contributed by atoms with Crippen LogP contribution in [0.2, 0.25) is 0 Å². The highest BCUT2D eigenvalue weighted by Crippen LogP contribution is 2.27. The van der Waals surface area contributed by atoms with Crippen molar-refractivity contribution in [3.05, 3.63) is 41.2 Å². The van der Waals surface area contributed by atoms with E-state index in [0.717, 1.165) is 35.8 Å². The Bertz CT molecular complexity index is 552. The monoisotopic (exact) mass is 275 g/mol. The lowest BCUT2D eigenvalue weighted by molar-refractivity contribution is 0.310. The summed E-state index contributed by atoms with van der Waals surface area (Å²) in [6.07, 6.45) is 1.85. The number of ether oxygens (including phenoxy) is 2. The molecule has 1 aromatic heterocycles. The number of aryl methyl sites for hydroxylation is 1. The van der Waals surface area contributed by atoms with Crippen molar-refractivity contribution in [1.82, 2.24) is 15.5 Å². The Kier molecular flexibility index (Phi) is 5.01. The molecule has 0 aliphatic heterocycles. The fourth-order valence-corrected chi connectivity index (χ4v) is 1.99. The number of nitrogens with zero attached hydrogens (tertiary/aromatic N) is 1. The number of hydrogen-bond donors (Lipinski definition) is 2. The lowest BCUT2D eigenvalue weighted by Crippen LogP contribution is -2.13. The average molecular weight is 275 g/mol. The SMILES string of the molecule is CCOc1cc(CNCc2cn[nH]c2C)ccc1OC. The van der Waals surface area contributed by atoms with Gasteiger partial charge in [-0.25, -0.2) is 0 Å². The van der Waals surface area contributed by atoms with E-state index in [9.17, 15) is 0 Å². The molecule has 20 heavy (non-hydrogen) atoms. The highest BCUT2D eigenvalue weighted by atomic mass is 16.5. The third-order valence-corrected chi connectivity index (χ3v) is 3.11. The van der Waals surface area contributed by atoms with Crippen LogP contribution < -0.4 is 14.8 Å². The zero-order valence-electron chi connectivity index (χ0n) is 12.2. The van der Waals surface area contributed by atoms with Gasteiger partial charge in [-0.1, -0.05) is 6.07 Å². The Morgan fingerprint density at radius 2 is 2.10 bits per heavy atom. The van der Waals surface area contributed by atoms with Crippen LogP contribution in [0, 0.1) is 6.92 Å². The van der Waals surface area contributed by atoms with Gasteiger partial charge in [0, 0.05) is 24.3 Å². The Hall–Kier alpha value is -2.01. The zero-order chi connectivity index (χ0) is 14.4. The van der Waals surface area contributed by atoms with Crippen LogP contribution in [0.25, 0.3) is 0 Å². The molecule has 1 aromatic carbocycles. The van der Waals surface area contributed by atoms with Crippen molar-refractivity contribution in [2.75, 3.05) is 13.7 Å². The number of nitrogens with one attached hydrogen (secondary N) is 2. The Morgan fingerprint density at radius 1 is 1.25 bits per heavy atom. The molecule has 1 heterocycles. The number of rotatable bonds is 7. The Labute approximate surface area is 119 Å². The zero-order valence-corrected chi connectivity index (χ0v) is 12.2. The second-order valence-electron chi connectivity index (χ2n) is 4.54. The van der Waals surface area contributed by atoms with Gasteiger partial charge >= 0.3 is 0 Å². The average Bonchev–Trinajstić information content (AvgIpc) is 2.85. The fraction of sp³-hybridized carbons (Fsp3) is 0.400. The van der Waals surface area contributed by atoms with Crippen molar-refractivity contribution in [3.63, 3.8) is 0 Å². The van der Waals surface area contributed by atoms with Gasteiger partial charge in [0.2, 0.25) is 0 Å². The van der Waals surface area contributed by atoms with Crippen LogP contribution in [0.4, 0.5) is 0 Å². The molecule has 0 unspecified atom stereocenters. The van der Waals surface area contributed by atoms with Gasteiger partial charge in [-0.3, -0.25) is 5.10 Å². The van der Waals surface area contributed by atoms with E-state index in [1.807, 2.05) is 38.2 Å². The minimum absolute atomic E-state index is 0.626. The maximum Gasteiger partial charge on any atom is 0.161 e. The van der Waals surface area contributed by atoms with Crippen molar-refractivity contribution < 1.29 is 9.47 Å². The molecular weight excluding hydrogens is 254 g/mol. The van der Waals surface area contributed by atoms with Crippen molar-refractivity contribution >= 4 is 0 Å². The molecule has 2 N–H and O–H groups in total. The largest absolute Gasteiger partial charge is 0.493 e. The van der Waals surface area contributed by atoms with Crippen LogP contribution in [0.15, 0.2) is 24.4 Å². The molecular formula is C15H21N3O2. The standard InChI is InChI=1S/C15H21N3O2/c1-4-20-15-7-12(5-6-14(15)19-3)8-16-9-13-10-17-18-11(13)2/h5-7,10,16H,4,8-9H2,1-3H3,(H,17,18).